The van der Waals surface area contributed by atoms with Gasteiger partial charge in [-0.25, -0.2) is 4.79 Å². The number of benzene rings is 1. The van der Waals surface area contributed by atoms with Crippen molar-refractivity contribution in [2.45, 2.75) is 0 Å². The number of hydrogen-bond donors (Lipinski definition) is 0. The van der Waals surface area contributed by atoms with Crippen molar-refractivity contribution >= 4 is 23.9 Å². The summed E-state index contributed by atoms with van der Waals surface area (Å²) in [5.41, 5.74) is -0.417. The number of ether oxygens (including phenoxy) is 1. The van der Waals surface area contributed by atoms with Gasteiger partial charge in [0, 0.05) is 25.7 Å². The third kappa shape index (κ3) is 2.42. The highest BCUT2D eigenvalue weighted by atomic mass is 31.2. The maximum atomic E-state index is 12.2. The molecule has 1 aromatic carbocycles. The third-order valence-corrected chi connectivity index (χ3v) is 4.56. The molecule has 7 heteroatoms. The number of methoxy groups -OCH3 is 1. The second kappa shape index (κ2) is 5.17. The Morgan fingerprint density at radius 3 is 2.37 bits per heavy atom. The monoisotopic (exact) mass is 284 g/mol. The first-order chi connectivity index (χ1) is 9.04. The van der Waals surface area contributed by atoms with Gasteiger partial charge in [0.05, 0.1) is 7.11 Å². The van der Waals surface area contributed by atoms with Crippen LogP contribution in [0.15, 0.2) is 33.5 Å². The molecule has 0 aliphatic rings. The number of fused-ring (bicyclic) bond motifs is 1. The molecule has 0 saturated heterocycles. The van der Waals surface area contributed by atoms with Gasteiger partial charge in [-0.3, -0.25) is 4.57 Å². The van der Waals surface area contributed by atoms with Crippen molar-refractivity contribution in [1.29, 1.82) is 0 Å². The van der Waals surface area contributed by atoms with Crippen LogP contribution in [0.4, 0.5) is 0 Å². The van der Waals surface area contributed by atoms with Crippen LogP contribution >= 0.6 is 7.60 Å². The Morgan fingerprint density at radius 2 is 1.79 bits per heavy atom. The molecule has 1 heterocycles. The molecular formula is C12H13O6P. The summed E-state index contributed by atoms with van der Waals surface area (Å²) < 4.78 is 32.0. The highest BCUT2D eigenvalue weighted by molar-refractivity contribution is 7.62. The molecule has 0 atom stereocenters. The quantitative estimate of drug-likeness (QED) is 0.630. The van der Waals surface area contributed by atoms with E-state index in [-0.39, 0.29) is 5.30 Å². The zero-order valence-corrected chi connectivity index (χ0v) is 11.6. The summed E-state index contributed by atoms with van der Waals surface area (Å²) in [5.74, 6) is 0.560. The van der Waals surface area contributed by atoms with Gasteiger partial charge in [0.1, 0.15) is 11.3 Å². The van der Waals surface area contributed by atoms with Crippen molar-refractivity contribution in [1.82, 2.24) is 0 Å². The minimum Gasteiger partial charge on any atom is -0.497 e. The molecular weight excluding hydrogens is 271 g/mol. The highest BCUT2D eigenvalue weighted by Gasteiger charge is 2.29. The van der Waals surface area contributed by atoms with Crippen LogP contribution in [0.2, 0.25) is 0 Å². The summed E-state index contributed by atoms with van der Waals surface area (Å²) in [6.07, 6.45) is 0. The van der Waals surface area contributed by atoms with Gasteiger partial charge in [0.25, 0.3) is 0 Å². The highest BCUT2D eigenvalue weighted by Crippen LogP contribution is 2.44. The smallest absolute Gasteiger partial charge is 0.368 e. The second-order valence-electron chi connectivity index (χ2n) is 3.69. The van der Waals surface area contributed by atoms with E-state index in [9.17, 15) is 9.36 Å². The van der Waals surface area contributed by atoms with Crippen LogP contribution < -0.4 is 15.7 Å². The largest absolute Gasteiger partial charge is 0.497 e. The fraction of sp³-hybridized carbons (Fsp3) is 0.250. The lowest BCUT2D eigenvalue weighted by Crippen LogP contribution is -2.25. The van der Waals surface area contributed by atoms with Crippen molar-refractivity contribution in [3.8, 4) is 5.75 Å². The fourth-order valence-electron chi connectivity index (χ4n) is 1.67. The Bertz CT molecular complexity index is 697. The van der Waals surface area contributed by atoms with Crippen LogP contribution in [0.1, 0.15) is 0 Å². The summed E-state index contributed by atoms with van der Waals surface area (Å²) in [6, 6.07) is 6.41. The van der Waals surface area contributed by atoms with Crippen LogP contribution in [0, 0.1) is 0 Å². The first-order valence-electron chi connectivity index (χ1n) is 5.38. The topological polar surface area (TPSA) is 75.0 Å². The first-order valence-corrected chi connectivity index (χ1v) is 6.92. The lowest BCUT2D eigenvalue weighted by Gasteiger charge is -2.12. The van der Waals surface area contributed by atoms with E-state index < -0.39 is 13.2 Å². The average molecular weight is 284 g/mol. The van der Waals surface area contributed by atoms with Gasteiger partial charge in [-0.1, -0.05) is 0 Å². The Morgan fingerprint density at radius 1 is 1.11 bits per heavy atom. The number of rotatable bonds is 4. The van der Waals surface area contributed by atoms with E-state index in [4.69, 9.17) is 18.2 Å². The fourth-order valence-corrected chi connectivity index (χ4v) is 2.78. The minimum absolute atomic E-state index is 0.129. The van der Waals surface area contributed by atoms with E-state index in [2.05, 4.69) is 0 Å². The lowest BCUT2D eigenvalue weighted by molar-refractivity contribution is 0.286. The van der Waals surface area contributed by atoms with Crippen molar-refractivity contribution in [3.05, 3.63) is 34.7 Å². The molecule has 0 N–H and O–H groups in total. The Hall–Kier alpha value is -1.62. The molecule has 0 aliphatic carbocycles. The van der Waals surface area contributed by atoms with E-state index in [1.165, 1.54) is 27.4 Å². The molecule has 0 fully saturated rings. The van der Waals surface area contributed by atoms with Gasteiger partial charge in [0.15, 0.2) is 5.30 Å². The van der Waals surface area contributed by atoms with Crippen molar-refractivity contribution in [2.24, 2.45) is 0 Å². The van der Waals surface area contributed by atoms with Crippen molar-refractivity contribution < 1.29 is 22.8 Å². The van der Waals surface area contributed by atoms with Crippen LogP contribution in [-0.2, 0) is 13.6 Å². The second-order valence-corrected chi connectivity index (χ2v) is 5.89. The summed E-state index contributed by atoms with van der Waals surface area (Å²) in [4.78, 5) is 11.9. The molecule has 0 radical (unpaired) electrons. The predicted octanol–water partition coefficient (Wildman–Crippen LogP) is 1.91. The maximum Gasteiger partial charge on any atom is 0.368 e. The van der Waals surface area contributed by atoms with E-state index in [1.807, 2.05) is 0 Å². The van der Waals surface area contributed by atoms with Crippen LogP contribution in [-0.4, -0.2) is 21.3 Å². The van der Waals surface area contributed by atoms with Crippen molar-refractivity contribution in [2.75, 3.05) is 21.3 Å². The zero-order chi connectivity index (χ0) is 14.0. The molecule has 2 aromatic rings. The van der Waals surface area contributed by atoms with E-state index in [1.54, 1.807) is 18.2 Å². The molecule has 19 heavy (non-hydrogen) atoms. The molecule has 0 saturated carbocycles. The van der Waals surface area contributed by atoms with Crippen LogP contribution in [0.3, 0.4) is 0 Å². The zero-order valence-electron chi connectivity index (χ0n) is 10.7. The van der Waals surface area contributed by atoms with Gasteiger partial charge < -0.3 is 18.2 Å². The Labute approximate surface area is 109 Å². The molecule has 102 valence electrons. The average Bonchev–Trinajstić information content (AvgIpc) is 2.45. The van der Waals surface area contributed by atoms with E-state index in [0.717, 1.165) is 0 Å². The van der Waals surface area contributed by atoms with Gasteiger partial charge in [-0.05, 0) is 18.2 Å². The van der Waals surface area contributed by atoms with Gasteiger partial charge in [0.2, 0.25) is 0 Å². The minimum atomic E-state index is -3.63. The number of hydrogen-bond acceptors (Lipinski definition) is 6. The first kappa shape index (κ1) is 13.8. The van der Waals surface area contributed by atoms with E-state index in [0.29, 0.717) is 16.7 Å². The molecule has 0 aliphatic heterocycles. The summed E-state index contributed by atoms with van der Waals surface area (Å²) in [6.45, 7) is 0. The van der Waals surface area contributed by atoms with Crippen molar-refractivity contribution in [3.63, 3.8) is 0 Å². The van der Waals surface area contributed by atoms with E-state index >= 15 is 0 Å². The van der Waals surface area contributed by atoms with Gasteiger partial charge in [-0.2, -0.15) is 0 Å². The standard InChI is InChI=1S/C12H13O6P/c1-15-9-5-4-8-6-11(19(14,16-2)17-3)12(13)18-10(8)7-9/h4-7H,1-3H3. The molecule has 0 unspecified atom stereocenters. The van der Waals surface area contributed by atoms with Crippen LogP contribution in [0.5, 0.6) is 5.75 Å². The summed E-state index contributed by atoms with van der Waals surface area (Å²) in [5, 5.41) is 0.472. The molecule has 0 amide bonds. The molecule has 6 nitrogen and oxygen atoms in total. The third-order valence-electron chi connectivity index (χ3n) is 2.70. The molecule has 0 spiro atoms. The molecule has 0 bridgehead atoms. The maximum absolute atomic E-state index is 12.2. The predicted molar refractivity (Wildman–Crippen MR) is 70.3 cm³/mol. The summed E-state index contributed by atoms with van der Waals surface area (Å²) >= 11 is 0. The lowest BCUT2D eigenvalue weighted by atomic mass is 10.2. The van der Waals surface area contributed by atoms with Crippen LogP contribution in [0.25, 0.3) is 11.0 Å². The molecule has 1 aromatic heterocycles. The van der Waals surface area contributed by atoms with Gasteiger partial charge >= 0.3 is 13.2 Å². The normalized spacial score (nSPS) is 11.7. The Kier molecular flexibility index (Phi) is 3.75. The Balaban J connectivity index is 2.70. The molecule has 2 rings (SSSR count). The SMILES string of the molecule is COc1ccc2cc(P(=O)(OC)OC)c(=O)oc2c1. The van der Waals surface area contributed by atoms with Gasteiger partial charge in [-0.15, -0.1) is 0 Å². The summed E-state index contributed by atoms with van der Waals surface area (Å²) in [7, 11) is 0.300.